The van der Waals surface area contributed by atoms with E-state index in [2.05, 4.69) is 22.2 Å². The van der Waals surface area contributed by atoms with E-state index in [-0.39, 0.29) is 5.84 Å². The van der Waals surface area contributed by atoms with E-state index in [9.17, 15) is 4.79 Å². The molecule has 1 saturated carbocycles. The molecule has 0 bridgehead atoms. The average molecular weight is 367 g/mol. The molecule has 0 heterocycles. The van der Waals surface area contributed by atoms with Crippen LogP contribution in [0.2, 0.25) is 5.02 Å². The zero-order chi connectivity index (χ0) is 18.5. The largest absolute Gasteiger partial charge is 0.383 e. The minimum atomic E-state index is -0.601. The quantitative estimate of drug-likeness (QED) is 0.441. The number of hydrogen-bond donors (Lipinski definition) is 3. The van der Waals surface area contributed by atoms with Gasteiger partial charge < -0.3 is 16.8 Å². The van der Waals surface area contributed by atoms with Crippen LogP contribution in [0.15, 0.2) is 47.5 Å². The third-order valence-corrected chi connectivity index (χ3v) is 4.24. The lowest BCUT2D eigenvalue weighted by Gasteiger charge is -2.07. The maximum Gasteiger partial charge on any atom is 0.347 e. The van der Waals surface area contributed by atoms with Crippen molar-refractivity contribution in [3.05, 3.63) is 64.2 Å². The van der Waals surface area contributed by atoms with Crippen LogP contribution in [0.4, 0.5) is 10.5 Å². The molecule has 2 aromatic rings. The summed E-state index contributed by atoms with van der Waals surface area (Å²) >= 11 is 6.08. The van der Waals surface area contributed by atoms with E-state index in [4.69, 9.17) is 23.1 Å². The summed E-state index contributed by atoms with van der Waals surface area (Å²) in [5, 5.41) is 3.03. The summed E-state index contributed by atoms with van der Waals surface area (Å²) in [6, 6.07) is 11.9. The number of amidine groups is 1. The van der Waals surface area contributed by atoms with Gasteiger partial charge in [-0.15, -0.1) is 0 Å². The SMILES string of the molecule is NCc1ccc(Cl)c(NC(=O)/N=C(\N)c2ccc(C#CC3CC3)cc2)c1. The molecule has 1 aliphatic rings. The van der Waals surface area contributed by atoms with Gasteiger partial charge in [-0.3, -0.25) is 0 Å². The van der Waals surface area contributed by atoms with Crippen molar-refractivity contribution in [3.8, 4) is 11.8 Å². The first-order valence-corrected chi connectivity index (χ1v) is 8.68. The van der Waals surface area contributed by atoms with Gasteiger partial charge in [0.25, 0.3) is 0 Å². The highest BCUT2D eigenvalue weighted by molar-refractivity contribution is 6.33. The van der Waals surface area contributed by atoms with Crippen LogP contribution in [0.3, 0.4) is 0 Å². The Hall–Kier alpha value is -2.81. The highest BCUT2D eigenvalue weighted by Crippen LogP contribution is 2.27. The first kappa shape index (κ1) is 18.0. The fourth-order valence-corrected chi connectivity index (χ4v) is 2.41. The molecule has 2 aromatic carbocycles. The van der Waals surface area contributed by atoms with Crippen LogP contribution in [0, 0.1) is 17.8 Å². The number of halogens is 1. The molecule has 3 rings (SSSR count). The Bertz CT molecular complexity index is 906. The molecule has 0 radical (unpaired) electrons. The van der Waals surface area contributed by atoms with Gasteiger partial charge in [-0.2, -0.15) is 4.99 Å². The summed E-state index contributed by atoms with van der Waals surface area (Å²) in [7, 11) is 0. The summed E-state index contributed by atoms with van der Waals surface area (Å²) in [6.45, 7) is 0.349. The fraction of sp³-hybridized carbons (Fsp3) is 0.200. The first-order chi connectivity index (χ1) is 12.5. The molecule has 5 nitrogen and oxygen atoms in total. The number of nitrogens with zero attached hydrogens (tertiary/aromatic N) is 1. The minimum Gasteiger partial charge on any atom is -0.383 e. The number of carbonyl (C=O) groups excluding carboxylic acids is 1. The summed E-state index contributed by atoms with van der Waals surface area (Å²) in [5.41, 5.74) is 14.4. The molecule has 0 saturated heterocycles. The number of nitrogens with two attached hydrogens (primary N) is 2. The lowest BCUT2D eigenvalue weighted by molar-refractivity contribution is 0.259. The second-order valence-corrected chi connectivity index (χ2v) is 6.47. The summed E-state index contributed by atoms with van der Waals surface area (Å²) in [6.07, 6.45) is 2.38. The number of benzene rings is 2. The first-order valence-electron chi connectivity index (χ1n) is 8.31. The Morgan fingerprint density at radius 1 is 1.23 bits per heavy atom. The lowest BCUT2D eigenvalue weighted by Crippen LogP contribution is -2.18. The van der Waals surface area contributed by atoms with Crippen molar-refractivity contribution in [1.29, 1.82) is 0 Å². The molecule has 0 atom stereocenters. The van der Waals surface area contributed by atoms with Crippen LogP contribution in [0.1, 0.15) is 29.5 Å². The van der Waals surface area contributed by atoms with Gasteiger partial charge in [-0.25, -0.2) is 4.79 Å². The second-order valence-electron chi connectivity index (χ2n) is 6.07. The Labute approximate surface area is 157 Å². The van der Waals surface area contributed by atoms with Crippen LogP contribution >= 0.6 is 11.6 Å². The van der Waals surface area contributed by atoms with Gasteiger partial charge in [0.2, 0.25) is 0 Å². The molecule has 0 spiro atoms. The summed E-state index contributed by atoms with van der Waals surface area (Å²) in [4.78, 5) is 16.0. The van der Waals surface area contributed by atoms with Crippen LogP contribution in [0.25, 0.3) is 0 Å². The van der Waals surface area contributed by atoms with Gasteiger partial charge in [0.05, 0.1) is 10.7 Å². The van der Waals surface area contributed by atoms with Gasteiger partial charge in [0.1, 0.15) is 5.84 Å². The fourth-order valence-electron chi connectivity index (χ4n) is 2.25. The van der Waals surface area contributed by atoms with Gasteiger partial charge in [0, 0.05) is 23.6 Å². The van der Waals surface area contributed by atoms with Crippen molar-refractivity contribution in [2.24, 2.45) is 22.4 Å². The molecule has 0 aliphatic heterocycles. The Kier molecular flexibility index (Phi) is 5.57. The van der Waals surface area contributed by atoms with Crippen LogP contribution in [-0.4, -0.2) is 11.9 Å². The standard InChI is InChI=1S/C20H19ClN4O/c21-17-10-7-15(12-22)11-18(17)24-20(26)25-19(23)16-8-5-14(6-9-16)4-3-13-1-2-13/h5-11,13H,1-2,12,22H2,(H3,23,24,25,26). The molecule has 0 unspecified atom stereocenters. The highest BCUT2D eigenvalue weighted by atomic mass is 35.5. The predicted molar refractivity (Wildman–Crippen MR) is 105 cm³/mol. The van der Waals surface area contributed by atoms with E-state index in [1.807, 2.05) is 12.1 Å². The summed E-state index contributed by atoms with van der Waals surface area (Å²) < 4.78 is 0. The topological polar surface area (TPSA) is 93.5 Å². The Morgan fingerprint density at radius 3 is 2.62 bits per heavy atom. The van der Waals surface area contributed by atoms with Crippen molar-refractivity contribution in [2.45, 2.75) is 19.4 Å². The number of nitrogens with one attached hydrogen (secondary N) is 1. The van der Waals surface area contributed by atoms with E-state index < -0.39 is 6.03 Å². The van der Waals surface area contributed by atoms with Crippen molar-refractivity contribution in [2.75, 3.05) is 5.32 Å². The third kappa shape index (κ3) is 4.85. The van der Waals surface area contributed by atoms with Crippen LogP contribution in [0.5, 0.6) is 0 Å². The van der Waals surface area contributed by atoms with Crippen molar-refractivity contribution in [1.82, 2.24) is 0 Å². The van der Waals surface area contributed by atoms with Gasteiger partial charge in [-0.1, -0.05) is 41.6 Å². The summed E-state index contributed by atoms with van der Waals surface area (Å²) in [5.74, 6) is 7.00. The molecule has 5 N–H and O–H groups in total. The Balaban J connectivity index is 1.68. The molecule has 132 valence electrons. The zero-order valence-electron chi connectivity index (χ0n) is 14.1. The minimum absolute atomic E-state index is 0.121. The Morgan fingerprint density at radius 2 is 1.96 bits per heavy atom. The molecule has 26 heavy (non-hydrogen) atoms. The molecular formula is C20H19ClN4O. The maximum absolute atomic E-state index is 12.1. The lowest BCUT2D eigenvalue weighted by atomic mass is 10.1. The van der Waals surface area contributed by atoms with E-state index in [1.54, 1.807) is 30.3 Å². The monoisotopic (exact) mass is 366 g/mol. The molecule has 0 aromatic heterocycles. The number of aliphatic imine (C=N–C) groups is 1. The molecular weight excluding hydrogens is 348 g/mol. The van der Waals surface area contributed by atoms with Crippen molar-refractivity contribution < 1.29 is 4.79 Å². The normalized spacial score (nSPS) is 13.7. The smallest absolute Gasteiger partial charge is 0.347 e. The molecule has 6 heteroatoms. The average Bonchev–Trinajstić information content (AvgIpc) is 3.46. The predicted octanol–water partition coefficient (Wildman–Crippen LogP) is 3.50. The number of rotatable bonds is 3. The molecule has 1 fully saturated rings. The number of anilines is 1. The number of hydrogen-bond acceptors (Lipinski definition) is 2. The zero-order valence-corrected chi connectivity index (χ0v) is 14.9. The van der Waals surface area contributed by atoms with Crippen molar-refractivity contribution >= 4 is 29.2 Å². The number of amides is 2. The van der Waals surface area contributed by atoms with Gasteiger partial charge >= 0.3 is 6.03 Å². The maximum atomic E-state index is 12.1. The molecule has 2 amide bonds. The van der Waals surface area contributed by atoms with E-state index >= 15 is 0 Å². The van der Waals surface area contributed by atoms with Gasteiger partial charge in [0.15, 0.2) is 0 Å². The van der Waals surface area contributed by atoms with Gasteiger partial charge in [-0.05, 0) is 42.7 Å². The van der Waals surface area contributed by atoms with E-state index in [1.165, 1.54) is 12.8 Å². The number of urea groups is 1. The molecule has 1 aliphatic carbocycles. The van der Waals surface area contributed by atoms with Crippen LogP contribution < -0.4 is 16.8 Å². The van der Waals surface area contributed by atoms with Crippen molar-refractivity contribution in [3.63, 3.8) is 0 Å². The second kappa shape index (κ2) is 8.05. The number of carbonyl (C=O) groups is 1. The third-order valence-electron chi connectivity index (χ3n) is 3.91. The van der Waals surface area contributed by atoms with E-state index in [0.29, 0.717) is 28.7 Å². The van der Waals surface area contributed by atoms with E-state index in [0.717, 1.165) is 11.1 Å². The van der Waals surface area contributed by atoms with Crippen LogP contribution in [-0.2, 0) is 6.54 Å². The highest BCUT2D eigenvalue weighted by Gasteiger charge is 2.17.